The Bertz CT molecular complexity index is 622. The average Bonchev–Trinajstić information content (AvgIpc) is 3.10. The number of halogens is 2. The third kappa shape index (κ3) is 6.03. The molecule has 1 aliphatic heterocycles. The van der Waals surface area contributed by atoms with E-state index >= 15 is 0 Å². The Morgan fingerprint density at radius 3 is 2.68 bits per heavy atom. The van der Waals surface area contributed by atoms with Crippen LogP contribution in [0.4, 0.5) is 0 Å². The number of hydrogen-bond acceptors (Lipinski definition) is 4. The Kier molecular flexibility index (Phi) is 7.75. The molecule has 136 valence electrons. The van der Waals surface area contributed by atoms with Crippen molar-refractivity contribution in [2.24, 2.45) is 0 Å². The van der Waals surface area contributed by atoms with Gasteiger partial charge in [0.15, 0.2) is 0 Å². The molecule has 0 saturated carbocycles. The molecule has 7 heteroatoms. The summed E-state index contributed by atoms with van der Waals surface area (Å²) in [5.74, 6) is -0.585. The highest BCUT2D eigenvalue weighted by Crippen LogP contribution is 2.25. The highest BCUT2D eigenvalue weighted by atomic mass is 35.5. The van der Waals surface area contributed by atoms with E-state index in [-0.39, 0.29) is 30.9 Å². The topological polar surface area (TPSA) is 55.8 Å². The summed E-state index contributed by atoms with van der Waals surface area (Å²) in [7, 11) is 1.33. The van der Waals surface area contributed by atoms with Crippen LogP contribution in [0.3, 0.4) is 0 Å². The molecule has 1 aliphatic rings. The van der Waals surface area contributed by atoms with E-state index in [1.807, 2.05) is 0 Å². The zero-order valence-corrected chi connectivity index (χ0v) is 15.6. The van der Waals surface area contributed by atoms with Crippen molar-refractivity contribution in [3.8, 4) is 0 Å². The number of hydrogen-bond donors (Lipinski definition) is 0. The number of esters is 1. The Balaban J connectivity index is 2.07. The second kappa shape index (κ2) is 9.80. The summed E-state index contributed by atoms with van der Waals surface area (Å²) in [5.41, 5.74) is 0.587. The van der Waals surface area contributed by atoms with Crippen LogP contribution in [0.5, 0.6) is 0 Å². The molecule has 0 aromatic heterocycles. The highest BCUT2D eigenvalue weighted by molar-refractivity contribution is 6.37. The fourth-order valence-corrected chi connectivity index (χ4v) is 3.11. The van der Waals surface area contributed by atoms with Crippen molar-refractivity contribution in [3.05, 3.63) is 39.9 Å². The fourth-order valence-electron chi connectivity index (χ4n) is 2.58. The Morgan fingerprint density at radius 1 is 1.36 bits per heavy atom. The van der Waals surface area contributed by atoms with Crippen LogP contribution >= 0.6 is 23.2 Å². The third-order valence-electron chi connectivity index (χ3n) is 3.97. The lowest BCUT2D eigenvalue weighted by molar-refractivity contribution is -0.141. The quantitative estimate of drug-likeness (QED) is 0.531. The number of rotatable bonds is 7. The summed E-state index contributed by atoms with van der Waals surface area (Å²) in [4.78, 5) is 25.6. The molecule has 2 rings (SSSR count). The second-order valence-electron chi connectivity index (χ2n) is 5.71. The van der Waals surface area contributed by atoms with Crippen LogP contribution in [0, 0.1) is 0 Å². The number of nitrogens with zero attached hydrogens (tertiary/aromatic N) is 1. The minimum Gasteiger partial charge on any atom is -0.469 e. The molecule has 0 aliphatic carbocycles. The molecule has 1 aromatic carbocycles. The van der Waals surface area contributed by atoms with Gasteiger partial charge in [-0.15, -0.1) is 0 Å². The summed E-state index contributed by atoms with van der Waals surface area (Å²) >= 11 is 12.2. The zero-order chi connectivity index (χ0) is 18.2. The van der Waals surface area contributed by atoms with Gasteiger partial charge in [-0.3, -0.25) is 9.59 Å². The van der Waals surface area contributed by atoms with Crippen LogP contribution in [-0.2, 0) is 19.1 Å². The maximum atomic E-state index is 12.6. The van der Waals surface area contributed by atoms with Crippen molar-refractivity contribution in [3.63, 3.8) is 0 Å². The van der Waals surface area contributed by atoms with Crippen LogP contribution in [-0.4, -0.2) is 49.7 Å². The summed E-state index contributed by atoms with van der Waals surface area (Å²) in [6, 6.07) is 5.15. The smallest absolute Gasteiger partial charge is 0.307 e. The van der Waals surface area contributed by atoms with Gasteiger partial charge in [0.25, 0.3) is 0 Å². The molecule has 1 heterocycles. The van der Waals surface area contributed by atoms with Gasteiger partial charge in [0.05, 0.1) is 19.6 Å². The van der Waals surface area contributed by atoms with Gasteiger partial charge in [-0.05, 0) is 31.1 Å². The number of amides is 1. The highest BCUT2D eigenvalue weighted by Gasteiger charge is 2.22. The number of carbonyl (C=O) groups is 2. The Morgan fingerprint density at radius 2 is 2.08 bits per heavy atom. The molecule has 25 heavy (non-hydrogen) atoms. The third-order valence-corrected chi connectivity index (χ3v) is 4.62. The van der Waals surface area contributed by atoms with E-state index in [4.69, 9.17) is 27.9 Å². The van der Waals surface area contributed by atoms with E-state index in [0.29, 0.717) is 28.8 Å². The van der Waals surface area contributed by atoms with Crippen molar-refractivity contribution in [1.29, 1.82) is 0 Å². The maximum absolute atomic E-state index is 12.6. The minimum absolute atomic E-state index is 0.00102. The van der Waals surface area contributed by atoms with E-state index in [0.717, 1.165) is 12.8 Å². The van der Waals surface area contributed by atoms with Gasteiger partial charge in [0.2, 0.25) is 5.91 Å². The summed E-state index contributed by atoms with van der Waals surface area (Å²) in [6.45, 7) is 1.41. The van der Waals surface area contributed by atoms with Gasteiger partial charge >= 0.3 is 5.97 Å². The molecule has 1 unspecified atom stereocenters. The van der Waals surface area contributed by atoms with Gasteiger partial charge in [0, 0.05) is 41.4 Å². The standard InChI is InChI=1S/C18H21Cl2NO4/c1-24-18(23)9-10-21(12-13-4-3-11-25-13)17(22)8-7-14-15(19)5-2-6-16(14)20/h2,5-8,13H,3-4,9-12H2,1H3. The van der Waals surface area contributed by atoms with E-state index < -0.39 is 0 Å². The second-order valence-corrected chi connectivity index (χ2v) is 6.53. The first-order valence-corrected chi connectivity index (χ1v) is 8.86. The fraction of sp³-hybridized carbons (Fsp3) is 0.444. The molecule has 0 N–H and O–H groups in total. The van der Waals surface area contributed by atoms with Gasteiger partial charge in [-0.1, -0.05) is 29.3 Å². The average molecular weight is 386 g/mol. The van der Waals surface area contributed by atoms with Gasteiger partial charge < -0.3 is 14.4 Å². The van der Waals surface area contributed by atoms with Gasteiger partial charge in [-0.25, -0.2) is 0 Å². The maximum Gasteiger partial charge on any atom is 0.307 e. The molecule has 1 aromatic rings. The van der Waals surface area contributed by atoms with Crippen molar-refractivity contribution in [1.82, 2.24) is 4.90 Å². The first kappa shape index (κ1) is 19.8. The largest absolute Gasteiger partial charge is 0.469 e. The number of methoxy groups -OCH3 is 1. The van der Waals surface area contributed by atoms with Crippen LogP contribution in [0.2, 0.25) is 10.0 Å². The van der Waals surface area contributed by atoms with Crippen LogP contribution in [0.1, 0.15) is 24.8 Å². The predicted molar refractivity (Wildman–Crippen MR) is 97.7 cm³/mol. The lowest BCUT2D eigenvalue weighted by Crippen LogP contribution is -2.37. The molecule has 1 saturated heterocycles. The lowest BCUT2D eigenvalue weighted by atomic mass is 10.2. The van der Waals surface area contributed by atoms with E-state index in [1.165, 1.54) is 13.2 Å². The van der Waals surface area contributed by atoms with E-state index in [2.05, 4.69) is 4.74 Å². The molecule has 0 spiro atoms. The first-order chi connectivity index (χ1) is 12.0. The summed E-state index contributed by atoms with van der Waals surface area (Å²) in [5, 5.41) is 0.938. The van der Waals surface area contributed by atoms with Crippen molar-refractivity contribution < 1.29 is 19.1 Å². The summed E-state index contributed by atoms with van der Waals surface area (Å²) in [6.07, 6.45) is 5.03. The molecule has 1 fully saturated rings. The van der Waals surface area contributed by atoms with Crippen molar-refractivity contribution in [2.75, 3.05) is 26.8 Å². The van der Waals surface area contributed by atoms with E-state index in [1.54, 1.807) is 29.2 Å². The van der Waals surface area contributed by atoms with Crippen molar-refractivity contribution in [2.45, 2.75) is 25.4 Å². The van der Waals surface area contributed by atoms with Gasteiger partial charge in [0.1, 0.15) is 0 Å². The first-order valence-electron chi connectivity index (χ1n) is 8.10. The molecule has 1 atom stereocenters. The summed E-state index contributed by atoms with van der Waals surface area (Å²) < 4.78 is 10.2. The Labute approximate surface area is 157 Å². The minimum atomic E-state index is -0.358. The monoisotopic (exact) mass is 385 g/mol. The molecule has 0 radical (unpaired) electrons. The zero-order valence-electron chi connectivity index (χ0n) is 14.0. The lowest BCUT2D eigenvalue weighted by Gasteiger charge is -2.24. The van der Waals surface area contributed by atoms with Crippen LogP contribution < -0.4 is 0 Å². The molecule has 1 amide bonds. The molecule has 5 nitrogen and oxygen atoms in total. The number of carbonyl (C=O) groups excluding carboxylic acids is 2. The predicted octanol–water partition coefficient (Wildman–Crippen LogP) is 3.58. The van der Waals surface area contributed by atoms with Crippen molar-refractivity contribution >= 4 is 41.2 Å². The number of ether oxygens (including phenoxy) is 2. The van der Waals surface area contributed by atoms with Crippen LogP contribution in [0.15, 0.2) is 24.3 Å². The normalized spacial score (nSPS) is 17.0. The number of benzene rings is 1. The van der Waals surface area contributed by atoms with Crippen LogP contribution in [0.25, 0.3) is 6.08 Å². The molecular weight excluding hydrogens is 365 g/mol. The SMILES string of the molecule is COC(=O)CCN(CC1CCCO1)C(=O)C=Cc1c(Cl)cccc1Cl. The Hall–Kier alpha value is -1.56. The molecular formula is C18H21Cl2NO4. The molecule has 0 bridgehead atoms. The van der Waals surface area contributed by atoms with Gasteiger partial charge in [-0.2, -0.15) is 0 Å². The van der Waals surface area contributed by atoms with E-state index in [9.17, 15) is 9.59 Å².